The molecule has 1 aliphatic rings. The molecular weight excluding hydrogens is 338 g/mol. The van der Waals surface area contributed by atoms with Crippen LogP contribution in [0, 0.1) is 11.3 Å². The molecule has 5 heteroatoms. The van der Waals surface area contributed by atoms with Crippen LogP contribution in [0.4, 0.5) is 0 Å². The zero-order chi connectivity index (χ0) is 14.6. The van der Waals surface area contributed by atoms with Crippen LogP contribution in [-0.4, -0.2) is 14.2 Å². The van der Waals surface area contributed by atoms with Crippen LogP contribution in [0.25, 0.3) is 0 Å². The SMILES string of the molecule is COC1=CC=C(/C=C\C#N)CC1(OC)c1ccc(Br)s1. The Bertz CT molecular complexity index is 624. The summed E-state index contributed by atoms with van der Waals surface area (Å²) in [7, 11) is 3.32. The monoisotopic (exact) mass is 351 g/mol. The van der Waals surface area contributed by atoms with Crippen LogP contribution in [0.5, 0.6) is 0 Å². The van der Waals surface area contributed by atoms with E-state index in [-0.39, 0.29) is 0 Å². The molecule has 0 N–H and O–H groups in total. The predicted molar refractivity (Wildman–Crippen MR) is 83.3 cm³/mol. The van der Waals surface area contributed by atoms with Crippen LogP contribution < -0.4 is 0 Å². The molecule has 0 spiro atoms. The molecule has 3 nitrogen and oxygen atoms in total. The van der Waals surface area contributed by atoms with Gasteiger partial charge < -0.3 is 9.47 Å². The highest BCUT2D eigenvalue weighted by Gasteiger charge is 2.41. The lowest BCUT2D eigenvalue weighted by Gasteiger charge is -2.35. The molecular formula is C15H14BrNO2S. The molecule has 0 aliphatic heterocycles. The van der Waals surface area contributed by atoms with Crippen molar-refractivity contribution < 1.29 is 9.47 Å². The van der Waals surface area contributed by atoms with E-state index in [2.05, 4.69) is 15.9 Å². The largest absolute Gasteiger partial charge is 0.498 e. The Hall–Kier alpha value is -1.35. The lowest BCUT2D eigenvalue weighted by molar-refractivity contribution is -0.0216. The van der Waals surface area contributed by atoms with Gasteiger partial charge in [0.05, 0.1) is 17.0 Å². The van der Waals surface area contributed by atoms with Gasteiger partial charge in [0.1, 0.15) is 5.76 Å². The Balaban J connectivity index is 2.47. The minimum absolute atomic E-state index is 0.630. The zero-order valence-corrected chi connectivity index (χ0v) is 13.6. The van der Waals surface area contributed by atoms with Gasteiger partial charge in [0.15, 0.2) is 5.60 Å². The molecule has 20 heavy (non-hydrogen) atoms. The second kappa shape index (κ2) is 6.40. The lowest BCUT2D eigenvalue weighted by atomic mass is 9.86. The smallest absolute Gasteiger partial charge is 0.162 e. The van der Waals surface area contributed by atoms with Gasteiger partial charge in [0.25, 0.3) is 0 Å². The summed E-state index contributed by atoms with van der Waals surface area (Å²) in [4.78, 5) is 1.07. The van der Waals surface area contributed by atoms with Gasteiger partial charge in [-0.05, 0) is 45.8 Å². The summed E-state index contributed by atoms with van der Waals surface area (Å²) in [5, 5.41) is 8.66. The standard InChI is InChI=1S/C15H14BrNO2S/c1-18-12-6-5-11(4-3-9-17)10-15(12,19-2)13-7-8-14(16)20-13/h3-8H,10H2,1-2H3/b4-3-. The first kappa shape index (κ1) is 15.0. The lowest BCUT2D eigenvalue weighted by Crippen LogP contribution is -2.33. The number of nitrogens with zero attached hydrogens (tertiary/aromatic N) is 1. The third-order valence-electron chi connectivity index (χ3n) is 3.21. The third-order valence-corrected chi connectivity index (χ3v) is 4.98. The van der Waals surface area contributed by atoms with Gasteiger partial charge >= 0.3 is 0 Å². The second-order valence-corrected chi connectivity index (χ2v) is 6.71. The highest BCUT2D eigenvalue weighted by molar-refractivity contribution is 9.11. The van der Waals surface area contributed by atoms with Crippen LogP contribution in [0.15, 0.2) is 51.6 Å². The number of halogens is 1. The molecule has 1 heterocycles. The Morgan fingerprint density at radius 3 is 2.75 bits per heavy atom. The molecule has 0 saturated heterocycles. The molecule has 0 amide bonds. The molecule has 1 unspecified atom stereocenters. The molecule has 0 saturated carbocycles. The minimum atomic E-state index is -0.630. The summed E-state index contributed by atoms with van der Waals surface area (Å²) < 4.78 is 12.4. The zero-order valence-electron chi connectivity index (χ0n) is 11.2. The van der Waals surface area contributed by atoms with E-state index >= 15 is 0 Å². The van der Waals surface area contributed by atoms with E-state index in [9.17, 15) is 0 Å². The van der Waals surface area contributed by atoms with Crippen molar-refractivity contribution in [3.8, 4) is 6.07 Å². The molecule has 1 aromatic heterocycles. The van der Waals surface area contributed by atoms with Gasteiger partial charge in [-0.3, -0.25) is 0 Å². The number of allylic oxidation sites excluding steroid dienone is 4. The first-order chi connectivity index (χ1) is 9.66. The number of ether oxygens (including phenoxy) is 2. The van der Waals surface area contributed by atoms with E-state index in [1.807, 2.05) is 30.4 Å². The summed E-state index contributed by atoms with van der Waals surface area (Å²) in [6.45, 7) is 0. The fourth-order valence-electron chi connectivity index (χ4n) is 2.26. The van der Waals surface area contributed by atoms with Crippen molar-refractivity contribution in [2.75, 3.05) is 14.2 Å². The number of thiophene rings is 1. The van der Waals surface area contributed by atoms with Crippen molar-refractivity contribution in [1.82, 2.24) is 0 Å². The van der Waals surface area contributed by atoms with Gasteiger partial charge in [0.2, 0.25) is 0 Å². The van der Waals surface area contributed by atoms with Crippen LogP contribution in [0.2, 0.25) is 0 Å². The van der Waals surface area contributed by atoms with Crippen LogP contribution >= 0.6 is 27.3 Å². The van der Waals surface area contributed by atoms with Crippen LogP contribution in [0.1, 0.15) is 11.3 Å². The van der Waals surface area contributed by atoms with E-state index in [0.29, 0.717) is 6.42 Å². The second-order valence-electron chi connectivity index (χ2n) is 4.25. The van der Waals surface area contributed by atoms with E-state index < -0.39 is 5.60 Å². The summed E-state index contributed by atoms with van der Waals surface area (Å²) in [6, 6.07) is 6.04. The first-order valence-corrected chi connectivity index (χ1v) is 7.59. The van der Waals surface area contributed by atoms with E-state index in [1.165, 1.54) is 6.08 Å². The summed E-state index contributed by atoms with van der Waals surface area (Å²) in [6.07, 6.45) is 7.76. The first-order valence-electron chi connectivity index (χ1n) is 5.98. The van der Waals surface area contributed by atoms with Gasteiger partial charge in [-0.15, -0.1) is 11.3 Å². The molecule has 0 aromatic carbocycles. The Kier molecular flexibility index (Phi) is 4.81. The maximum Gasteiger partial charge on any atom is 0.162 e. The number of rotatable bonds is 4. The Labute approximate surface area is 130 Å². The van der Waals surface area contributed by atoms with E-state index in [0.717, 1.165) is 20.0 Å². The Morgan fingerprint density at radius 1 is 1.40 bits per heavy atom. The topological polar surface area (TPSA) is 42.2 Å². The molecule has 1 atom stereocenters. The fourth-order valence-corrected chi connectivity index (χ4v) is 3.81. The van der Waals surface area contributed by atoms with E-state index in [4.69, 9.17) is 14.7 Å². The number of hydrogen-bond acceptors (Lipinski definition) is 4. The number of nitriles is 1. The maximum absolute atomic E-state index is 8.66. The van der Waals surface area contributed by atoms with Crippen molar-refractivity contribution in [1.29, 1.82) is 5.26 Å². The normalized spacial score (nSPS) is 22.3. The van der Waals surface area contributed by atoms with Crippen molar-refractivity contribution in [3.63, 3.8) is 0 Å². The van der Waals surface area contributed by atoms with Gasteiger partial charge in [-0.2, -0.15) is 5.26 Å². The van der Waals surface area contributed by atoms with Crippen LogP contribution in [0.3, 0.4) is 0 Å². The van der Waals surface area contributed by atoms with Crippen molar-refractivity contribution in [2.24, 2.45) is 0 Å². The molecule has 104 valence electrons. The summed E-state index contributed by atoms with van der Waals surface area (Å²) in [5.74, 6) is 0.767. The fraction of sp³-hybridized carbons (Fsp3) is 0.267. The summed E-state index contributed by atoms with van der Waals surface area (Å²) >= 11 is 5.10. The van der Waals surface area contributed by atoms with Gasteiger partial charge in [0, 0.05) is 24.5 Å². The average Bonchev–Trinajstić information content (AvgIpc) is 2.91. The van der Waals surface area contributed by atoms with E-state index in [1.54, 1.807) is 31.6 Å². The molecule has 1 aliphatic carbocycles. The number of hydrogen-bond donors (Lipinski definition) is 0. The average molecular weight is 352 g/mol. The molecule has 0 radical (unpaired) electrons. The Morgan fingerprint density at radius 2 is 2.20 bits per heavy atom. The predicted octanol–water partition coefficient (Wildman–Crippen LogP) is 4.29. The highest BCUT2D eigenvalue weighted by Crippen LogP contribution is 2.45. The van der Waals surface area contributed by atoms with Crippen molar-refractivity contribution in [3.05, 3.63) is 56.4 Å². The minimum Gasteiger partial charge on any atom is -0.498 e. The number of methoxy groups -OCH3 is 2. The highest BCUT2D eigenvalue weighted by atomic mass is 79.9. The van der Waals surface area contributed by atoms with Crippen molar-refractivity contribution >= 4 is 27.3 Å². The van der Waals surface area contributed by atoms with Crippen LogP contribution in [-0.2, 0) is 15.1 Å². The third kappa shape index (κ3) is 2.73. The molecule has 1 aromatic rings. The van der Waals surface area contributed by atoms with Gasteiger partial charge in [-0.25, -0.2) is 0 Å². The molecule has 0 bridgehead atoms. The molecule has 2 rings (SSSR count). The molecule has 0 fully saturated rings. The van der Waals surface area contributed by atoms with Crippen molar-refractivity contribution in [2.45, 2.75) is 12.0 Å². The van der Waals surface area contributed by atoms with Gasteiger partial charge in [-0.1, -0.05) is 6.08 Å². The quantitative estimate of drug-likeness (QED) is 0.759. The maximum atomic E-state index is 8.66. The summed E-state index contributed by atoms with van der Waals surface area (Å²) in [5.41, 5.74) is 0.397.